The van der Waals surface area contributed by atoms with Crippen molar-refractivity contribution in [3.8, 4) is 5.88 Å². The van der Waals surface area contributed by atoms with E-state index in [-0.39, 0.29) is 25.1 Å². The first-order valence-corrected chi connectivity index (χ1v) is 10.3. The molecule has 0 amide bonds. The molecular weight excluding hydrogens is 396 g/mol. The van der Waals surface area contributed by atoms with Crippen LogP contribution >= 0.6 is 7.82 Å². The molecule has 0 aliphatic carbocycles. The van der Waals surface area contributed by atoms with Crippen LogP contribution in [0.25, 0.3) is 0 Å². The fraction of sp³-hybridized carbons (Fsp3) is 0.733. The molecule has 0 spiro atoms. The van der Waals surface area contributed by atoms with Crippen LogP contribution in [-0.4, -0.2) is 60.6 Å². The molecule has 1 aromatic heterocycles. The minimum atomic E-state index is -3.88. The van der Waals surface area contributed by atoms with Crippen LogP contribution < -0.4 is 20.7 Å². The molecule has 2 fully saturated rings. The molecule has 13 heteroatoms. The third kappa shape index (κ3) is 3.09. The van der Waals surface area contributed by atoms with Crippen molar-refractivity contribution >= 4 is 25.3 Å². The lowest BCUT2D eigenvalue weighted by atomic mass is 9.98. The number of fused-ring (bicyclic) bond motifs is 2. The molecule has 4 rings (SSSR count). The second-order valence-corrected chi connectivity index (χ2v) is 8.77. The third-order valence-electron chi connectivity index (χ3n) is 4.71. The predicted molar refractivity (Wildman–Crippen MR) is 96.8 cm³/mol. The van der Waals surface area contributed by atoms with Crippen LogP contribution in [0, 0.1) is 0 Å². The van der Waals surface area contributed by atoms with Crippen molar-refractivity contribution < 1.29 is 32.0 Å². The van der Waals surface area contributed by atoms with E-state index in [2.05, 4.69) is 15.3 Å². The van der Waals surface area contributed by atoms with Gasteiger partial charge < -0.3 is 25.4 Å². The minimum Gasteiger partial charge on any atom is -0.479 e. The number of ether oxygens (including phenoxy) is 2. The summed E-state index contributed by atoms with van der Waals surface area (Å²) in [6.45, 7) is 4.77. The van der Waals surface area contributed by atoms with E-state index in [4.69, 9.17) is 28.8 Å². The molecule has 0 unspecified atom stereocenters. The Bertz CT molecular complexity index is 826. The first-order valence-electron chi connectivity index (χ1n) is 8.82. The summed E-state index contributed by atoms with van der Waals surface area (Å²) in [5.41, 5.74) is 4.19. The minimum absolute atomic E-state index is 0.0188. The number of methoxy groups -OCH3 is 1. The SMILES string of the molecule is COc1nc(N)nc2c1NCN2[C@@H]1O[C@@H]2CO[P@](=O)(OC(C)C)O[C@H]2[C@@]1(C)F. The first kappa shape index (κ1) is 19.6. The highest BCUT2D eigenvalue weighted by atomic mass is 31.2. The molecule has 0 radical (unpaired) electrons. The topological polar surface area (TPSA) is 130 Å². The second-order valence-electron chi connectivity index (χ2n) is 7.20. The number of nitrogens with one attached hydrogen (secondary N) is 1. The summed E-state index contributed by atoms with van der Waals surface area (Å²) in [5.74, 6) is 0.574. The normalized spacial score (nSPS) is 36.9. The van der Waals surface area contributed by atoms with Crippen molar-refractivity contribution in [1.82, 2.24) is 9.97 Å². The van der Waals surface area contributed by atoms with Gasteiger partial charge in [0.2, 0.25) is 11.8 Å². The Morgan fingerprint density at radius 2 is 2.21 bits per heavy atom. The van der Waals surface area contributed by atoms with Gasteiger partial charge in [-0.2, -0.15) is 9.97 Å². The van der Waals surface area contributed by atoms with Crippen molar-refractivity contribution in [3.63, 3.8) is 0 Å². The van der Waals surface area contributed by atoms with E-state index in [1.807, 2.05) is 0 Å². The number of rotatable bonds is 4. The van der Waals surface area contributed by atoms with E-state index in [0.29, 0.717) is 11.5 Å². The van der Waals surface area contributed by atoms with E-state index in [1.54, 1.807) is 18.7 Å². The van der Waals surface area contributed by atoms with E-state index in [0.717, 1.165) is 0 Å². The zero-order valence-corrected chi connectivity index (χ0v) is 16.8. The van der Waals surface area contributed by atoms with E-state index in [9.17, 15) is 4.57 Å². The molecule has 0 bridgehead atoms. The van der Waals surface area contributed by atoms with E-state index in [1.165, 1.54) is 14.0 Å². The highest BCUT2D eigenvalue weighted by Gasteiger charge is 2.63. The number of alkyl halides is 1. The number of hydrogen-bond donors (Lipinski definition) is 2. The highest BCUT2D eigenvalue weighted by molar-refractivity contribution is 7.48. The standard InChI is InChI=1S/C15H23FN5O6P/c1-7(2)26-28(22)24-5-8-10(27-28)15(3,16)13(25-8)21-6-18-9-11(21)19-14(17)20-12(9)23-4/h7-8,10,13,18H,5-6H2,1-4H3,(H2,17,19,20)/t8-,10-,13-,15-,28-/m1/s1. The van der Waals surface area contributed by atoms with Crippen LogP contribution in [-0.2, 0) is 22.9 Å². The summed E-state index contributed by atoms with van der Waals surface area (Å²) in [7, 11) is -2.44. The number of aromatic nitrogens is 2. The average Bonchev–Trinajstić information content (AvgIpc) is 3.12. The third-order valence-corrected chi connectivity index (χ3v) is 6.34. The Morgan fingerprint density at radius 1 is 1.46 bits per heavy atom. The Labute approximate surface area is 161 Å². The Kier molecular flexibility index (Phi) is 4.66. The number of phosphoric ester groups is 1. The summed E-state index contributed by atoms with van der Waals surface area (Å²) < 4.78 is 55.5. The van der Waals surface area contributed by atoms with Gasteiger partial charge in [-0.15, -0.1) is 0 Å². The van der Waals surface area contributed by atoms with Crippen molar-refractivity contribution in [2.75, 3.05) is 36.3 Å². The fourth-order valence-corrected chi connectivity index (χ4v) is 5.22. The van der Waals surface area contributed by atoms with Gasteiger partial charge in [0.25, 0.3) is 0 Å². The number of hydrogen-bond acceptors (Lipinski definition) is 11. The lowest BCUT2D eigenvalue weighted by Gasteiger charge is -2.35. The molecular formula is C15H23FN5O6P. The maximum Gasteiger partial charge on any atom is 0.475 e. The van der Waals surface area contributed by atoms with Crippen LogP contribution in [0.4, 0.5) is 21.8 Å². The molecule has 2 saturated heterocycles. The number of anilines is 3. The summed E-state index contributed by atoms with van der Waals surface area (Å²) in [5, 5.41) is 3.06. The van der Waals surface area contributed by atoms with Gasteiger partial charge in [0, 0.05) is 0 Å². The van der Waals surface area contributed by atoms with Gasteiger partial charge in [-0.25, -0.2) is 8.96 Å². The molecule has 28 heavy (non-hydrogen) atoms. The number of phosphoric acid groups is 1. The average molecular weight is 419 g/mol. The van der Waals surface area contributed by atoms with Crippen molar-refractivity contribution in [3.05, 3.63) is 0 Å². The number of nitrogens with two attached hydrogens (primary N) is 1. The van der Waals surface area contributed by atoms with Gasteiger partial charge in [0.15, 0.2) is 17.7 Å². The second kappa shape index (κ2) is 6.67. The summed E-state index contributed by atoms with van der Waals surface area (Å²) in [6, 6.07) is 0. The monoisotopic (exact) mass is 419 g/mol. The molecule has 0 saturated carbocycles. The van der Waals surface area contributed by atoms with Gasteiger partial charge in [0.05, 0.1) is 26.5 Å². The van der Waals surface area contributed by atoms with E-state index < -0.39 is 38.0 Å². The molecule has 0 aromatic carbocycles. The summed E-state index contributed by atoms with van der Waals surface area (Å²) >= 11 is 0. The zero-order chi connectivity index (χ0) is 20.3. The van der Waals surface area contributed by atoms with Crippen LogP contribution in [0.2, 0.25) is 0 Å². The van der Waals surface area contributed by atoms with Gasteiger partial charge in [0.1, 0.15) is 17.9 Å². The molecule has 3 aliphatic rings. The lowest BCUT2D eigenvalue weighted by Crippen LogP contribution is -2.51. The predicted octanol–water partition coefficient (Wildman–Crippen LogP) is 1.66. The Morgan fingerprint density at radius 3 is 2.89 bits per heavy atom. The molecule has 4 heterocycles. The maximum absolute atomic E-state index is 15.9. The van der Waals surface area contributed by atoms with Gasteiger partial charge in [-0.1, -0.05) is 0 Å². The van der Waals surface area contributed by atoms with Crippen LogP contribution in [0.5, 0.6) is 5.88 Å². The number of nitrogens with zero attached hydrogens (tertiary/aromatic N) is 3. The highest BCUT2D eigenvalue weighted by Crippen LogP contribution is 2.59. The zero-order valence-electron chi connectivity index (χ0n) is 15.9. The number of nitrogen functional groups attached to an aromatic ring is 1. The van der Waals surface area contributed by atoms with Crippen LogP contribution in [0.15, 0.2) is 0 Å². The van der Waals surface area contributed by atoms with Gasteiger partial charge in [-0.05, 0) is 20.8 Å². The van der Waals surface area contributed by atoms with Gasteiger partial charge in [-0.3, -0.25) is 13.6 Å². The van der Waals surface area contributed by atoms with Crippen LogP contribution in [0.3, 0.4) is 0 Å². The lowest BCUT2D eigenvalue weighted by molar-refractivity contribution is -0.0660. The number of halogens is 1. The molecule has 3 N–H and O–H groups in total. The van der Waals surface area contributed by atoms with E-state index >= 15 is 4.39 Å². The van der Waals surface area contributed by atoms with Crippen LogP contribution in [0.1, 0.15) is 20.8 Å². The summed E-state index contributed by atoms with van der Waals surface area (Å²) in [6.07, 6.45) is -3.40. The molecule has 3 aliphatic heterocycles. The van der Waals surface area contributed by atoms with Crippen molar-refractivity contribution in [2.45, 2.75) is 51.0 Å². The van der Waals surface area contributed by atoms with Crippen molar-refractivity contribution in [2.24, 2.45) is 0 Å². The van der Waals surface area contributed by atoms with Gasteiger partial charge >= 0.3 is 7.82 Å². The molecule has 156 valence electrons. The molecule has 11 nitrogen and oxygen atoms in total. The fourth-order valence-electron chi connectivity index (χ4n) is 3.59. The summed E-state index contributed by atoms with van der Waals surface area (Å²) in [4.78, 5) is 9.75. The smallest absolute Gasteiger partial charge is 0.475 e. The maximum atomic E-state index is 15.9. The molecule has 5 atom stereocenters. The van der Waals surface area contributed by atoms with Crippen molar-refractivity contribution in [1.29, 1.82) is 0 Å². The Balaban J connectivity index is 1.63. The largest absolute Gasteiger partial charge is 0.479 e. The Hall–Kier alpha value is -1.72. The first-order chi connectivity index (χ1) is 13.1. The quantitative estimate of drug-likeness (QED) is 0.691. The molecule has 1 aromatic rings.